The van der Waals surface area contributed by atoms with Crippen LogP contribution in [-0.2, 0) is 16.1 Å². The van der Waals surface area contributed by atoms with Gasteiger partial charge in [0.25, 0.3) is 0 Å². The van der Waals surface area contributed by atoms with Gasteiger partial charge in [-0.15, -0.1) is 5.10 Å². The van der Waals surface area contributed by atoms with E-state index in [-0.39, 0.29) is 24.9 Å². The average molecular weight is 401 g/mol. The van der Waals surface area contributed by atoms with Gasteiger partial charge in [0.15, 0.2) is 0 Å². The summed E-state index contributed by atoms with van der Waals surface area (Å²) in [5.41, 5.74) is 1.19. The van der Waals surface area contributed by atoms with Gasteiger partial charge in [-0.25, -0.2) is 4.79 Å². The maximum atomic E-state index is 12.3. The summed E-state index contributed by atoms with van der Waals surface area (Å²) >= 11 is 5.80. The first-order valence-electron chi connectivity index (χ1n) is 8.35. The second-order valence-electron chi connectivity index (χ2n) is 6.00. The van der Waals surface area contributed by atoms with Gasteiger partial charge in [0.05, 0.1) is 6.54 Å². The fourth-order valence-electron chi connectivity index (χ4n) is 2.39. The molecule has 0 aliphatic carbocycles. The molecule has 0 saturated carbocycles. The molecule has 0 fully saturated rings. The number of halogens is 1. The molecule has 0 unspecified atom stereocenters. The van der Waals surface area contributed by atoms with Gasteiger partial charge in [-0.1, -0.05) is 29.8 Å². The first-order chi connectivity index (χ1) is 13.4. The number of carbonyl (C=O) groups excluding carboxylic acids is 2. The number of amides is 2. The lowest BCUT2D eigenvalue weighted by Gasteiger charge is -2.16. The lowest BCUT2D eigenvalue weighted by molar-refractivity contribution is -0.134. The van der Waals surface area contributed by atoms with E-state index in [0.717, 1.165) is 4.68 Å². The summed E-state index contributed by atoms with van der Waals surface area (Å²) in [6, 6.07) is 15.5. The summed E-state index contributed by atoms with van der Waals surface area (Å²) in [5.74, 6) is -1.45. The van der Waals surface area contributed by atoms with Crippen molar-refractivity contribution in [3.05, 3.63) is 70.2 Å². The van der Waals surface area contributed by atoms with Crippen LogP contribution in [0.15, 0.2) is 63.8 Å². The third kappa shape index (κ3) is 4.86. The lowest BCUT2D eigenvalue weighted by atomic mass is 10.2. The van der Waals surface area contributed by atoms with Crippen LogP contribution in [0.4, 0.5) is 5.69 Å². The van der Waals surface area contributed by atoms with Crippen LogP contribution >= 0.6 is 11.6 Å². The third-order valence-corrected chi connectivity index (χ3v) is 4.10. The Hall–Kier alpha value is -3.39. The number of rotatable bonds is 6. The van der Waals surface area contributed by atoms with Gasteiger partial charge in [0.2, 0.25) is 17.7 Å². The molecule has 0 bridgehead atoms. The van der Waals surface area contributed by atoms with Crippen LogP contribution in [0.25, 0.3) is 11.5 Å². The van der Waals surface area contributed by atoms with Gasteiger partial charge >= 0.3 is 5.76 Å². The van der Waals surface area contributed by atoms with Crippen molar-refractivity contribution < 1.29 is 14.0 Å². The molecule has 9 heteroatoms. The van der Waals surface area contributed by atoms with Crippen LogP contribution in [0.5, 0.6) is 0 Å². The van der Waals surface area contributed by atoms with Gasteiger partial charge in [-0.3, -0.25) is 9.59 Å². The Bertz CT molecular complexity index is 1030. The minimum atomic E-state index is -0.744. The van der Waals surface area contributed by atoms with E-state index < -0.39 is 11.7 Å². The minimum Gasteiger partial charge on any atom is -0.388 e. The predicted molar refractivity (Wildman–Crippen MR) is 104 cm³/mol. The van der Waals surface area contributed by atoms with Crippen LogP contribution < -0.4 is 11.1 Å². The van der Waals surface area contributed by atoms with E-state index in [9.17, 15) is 14.4 Å². The summed E-state index contributed by atoms with van der Waals surface area (Å²) < 4.78 is 6.02. The Morgan fingerprint density at radius 3 is 2.50 bits per heavy atom. The summed E-state index contributed by atoms with van der Waals surface area (Å²) in [6.07, 6.45) is 0. The van der Waals surface area contributed by atoms with Crippen molar-refractivity contribution >= 4 is 29.1 Å². The van der Waals surface area contributed by atoms with Crippen LogP contribution in [0.2, 0.25) is 5.02 Å². The van der Waals surface area contributed by atoms with Crippen molar-refractivity contribution in [1.29, 1.82) is 0 Å². The zero-order valence-corrected chi connectivity index (χ0v) is 15.7. The number of nitrogens with zero attached hydrogens (tertiary/aromatic N) is 3. The highest BCUT2D eigenvalue weighted by atomic mass is 35.5. The molecule has 0 aliphatic heterocycles. The molecule has 0 atom stereocenters. The molecular formula is C19H17ClN4O4. The number of hydrogen-bond donors (Lipinski definition) is 1. The quantitative estimate of drug-likeness (QED) is 0.684. The number of likely N-dealkylation sites (N-methyl/N-ethyl adjacent to an activating group) is 1. The zero-order valence-electron chi connectivity index (χ0n) is 15.0. The molecule has 0 aliphatic rings. The number of aromatic nitrogens is 2. The Balaban J connectivity index is 1.59. The fourth-order valence-corrected chi connectivity index (χ4v) is 2.52. The summed E-state index contributed by atoms with van der Waals surface area (Å²) in [4.78, 5) is 37.5. The highest BCUT2D eigenvalue weighted by molar-refractivity contribution is 6.30. The normalized spacial score (nSPS) is 10.5. The monoisotopic (exact) mass is 400 g/mol. The predicted octanol–water partition coefficient (Wildman–Crippen LogP) is 2.25. The molecule has 0 radical (unpaired) electrons. The standard InChI is InChI=1S/C19H17ClN4O4/c1-23(11-16(25)21-15-9-7-14(20)8-10-15)17(26)12-24-19(27)28-18(22-24)13-5-3-2-4-6-13/h2-10H,11-12H2,1H3,(H,21,25). The maximum absolute atomic E-state index is 12.3. The van der Waals surface area contributed by atoms with E-state index >= 15 is 0 Å². The van der Waals surface area contributed by atoms with Crippen molar-refractivity contribution in [2.45, 2.75) is 6.54 Å². The van der Waals surface area contributed by atoms with Crippen molar-refractivity contribution in [2.75, 3.05) is 18.9 Å². The number of nitrogens with one attached hydrogen (secondary N) is 1. The van der Waals surface area contributed by atoms with E-state index in [1.165, 1.54) is 11.9 Å². The highest BCUT2D eigenvalue weighted by Crippen LogP contribution is 2.14. The first-order valence-corrected chi connectivity index (χ1v) is 8.73. The highest BCUT2D eigenvalue weighted by Gasteiger charge is 2.17. The van der Waals surface area contributed by atoms with E-state index in [4.69, 9.17) is 16.0 Å². The van der Waals surface area contributed by atoms with Crippen LogP contribution in [0.1, 0.15) is 0 Å². The molecule has 0 saturated heterocycles. The summed E-state index contributed by atoms with van der Waals surface area (Å²) in [5, 5.41) is 7.25. The first kappa shape index (κ1) is 19.4. The van der Waals surface area contributed by atoms with Gasteiger partial charge in [0, 0.05) is 23.3 Å². The molecule has 3 aromatic rings. The van der Waals surface area contributed by atoms with Crippen molar-refractivity contribution in [3.63, 3.8) is 0 Å². The number of hydrogen-bond acceptors (Lipinski definition) is 5. The summed E-state index contributed by atoms with van der Waals surface area (Å²) in [6.45, 7) is -0.514. The third-order valence-electron chi connectivity index (χ3n) is 3.85. The largest absolute Gasteiger partial charge is 0.437 e. The molecule has 1 heterocycles. The molecule has 8 nitrogen and oxygen atoms in total. The Kier molecular flexibility index (Phi) is 5.90. The van der Waals surface area contributed by atoms with Gasteiger partial charge in [0.1, 0.15) is 6.54 Å². The minimum absolute atomic E-state index is 0.126. The molecule has 1 N–H and O–H groups in total. The van der Waals surface area contributed by atoms with Crippen molar-refractivity contribution in [1.82, 2.24) is 14.7 Å². The molecule has 0 spiro atoms. The Labute approximate surface area is 165 Å². The molecular weight excluding hydrogens is 384 g/mol. The molecule has 28 heavy (non-hydrogen) atoms. The van der Waals surface area contributed by atoms with Gasteiger partial charge < -0.3 is 14.6 Å². The Morgan fingerprint density at radius 1 is 1.14 bits per heavy atom. The van der Waals surface area contributed by atoms with Crippen molar-refractivity contribution in [3.8, 4) is 11.5 Å². The van der Waals surface area contributed by atoms with E-state index in [0.29, 0.717) is 16.3 Å². The van der Waals surface area contributed by atoms with Crippen LogP contribution in [0, 0.1) is 0 Å². The average Bonchev–Trinajstić information content (AvgIpc) is 3.04. The molecule has 1 aromatic heterocycles. The topological polar surface area (TPSA) is 97.4 Å². The number of carbonyl (C=O) groups is 2. The lowest BCUT2D eigenvalue weighted by Crippen LogP contribution is -2.38. The number of benzene rings is 2. The van der Waals surface area contributed by atoms with Crippen LogP contribution in [-0.4, -0.2) is 40.1 Å². The van der Waals surface area contributed by atoms with Crippen LogP contribution in [0.3, 0.4) is 0 Å². The second-order valence-corrected chi connectivity index (χ2v) is 6.44. The SMILES string of the molecule is CN(CC(=O)Nc1ccc(Cl)cc1)C(=O)Cn1nc(-c2ccccc2)oc1=O. The maximum Gasteiger partial charge on any atom is 0.437 e. The molecule has 144 valence electrons. The van der Waals surface area contributed by atoms with Gasteiger partial charge in [-0.05, 0) is 36.4 Å². The molecule has 3 rings (SSSR count). The smallest absolute Gasteiger partial charge is 0.388 e. The fraction of sp³-hybridized carbons (Fsp3) is 0.158. The van der Waals surface area contributed by atoms with Gasteiger partial charge in [-0.2, -0.15) is 4.68 Å². The second kappa shape index (κ2) is 8.53. The molecule has 2 amide bonds. The summed E-state index contributed by atoms with van der Waals surface area (Å²) in [7, 11) is 1.47. The van der Waals surface area contributed by atoms with E-state index in [1.807, 2.05) is 6.07 Å². The van der Waals surface area contributed by atoms with E-state index in [1.54, 1.807) is 48.5 Å². The van der Waals surface area contributed by atoms with Crippen molar-refractivity contribution in [2.24, 2.45) is 0 Å². The zero-order chi connectivity index (χ0) is 20.1. The number of anilines is 1. The van der Waals surface area contributed by atoms with E-state index in [2.05, 4.69) is 10.4 Å². The molecule has 2 aromatic carbocycles. The Morgan fingerprint density at radius 2 is 1.82 bits per heavy atom.